The maximum absolute atomic E-state index is 12.3. The van der Waals surface area contributed by atoms with E-state index in [4.69, 9.17) is 4.74 Å². The summed E-state index contributed by atoms with van der Waals surface area (Å²) in [6.45, 7) is 1.72. The van der Waals surface area contributed by atoms with Crippen molar-refractivity contribution in [3.8, 4) is 5.75 Å². The molecule has 0 aliphatic rings. The van der Waals surface area contributed by atoms with Crippen LogP contribution >= 0.6 is 11.3 Å². The number of thiazole rings is 1. The number of nitrogens with zero attached hydrogens (tertiary/aromatic N) is 4. The van der Waals surface area contributed by atoms with Crippen molar-refractivity contribution in [1.29, 1.82) is 0 Å². The smallest absolute Gasteiger partial charge is 0.274 e. The quantitative estimate of drug-likeness (QED) is 0.502. The predicted molar refractivity (Wildman–Crippen MR) is 109 cm³/mol. The van der Waals surface area contributed by atoms with Crippen molar-refractivity contribution in [2.75, 3.05) is 12.4 Å². The van der Waals surface area contributed by atoms with Crippen LogP contribution < -0.4 is 15.6 Å². The van der Waals surface area contributed by atoms with Gasteiger partial charge >= 0.3 is 0 Å². The van der Waals surface area contributed by atoms with Gasteiger partial charge in [0.1, 0.15) is 11.6 Å². The molecule has 1 aromatic carbocycles. The Morgan fingerprint density at radius 3 is 2.83 bits per heavy atom. The highest BCUT2D eigenvalue weighted by molar-refractivity contribution is 7.15. The van der Waals surface area contributed by atoms with E-state index in [2.05, 4.69) is 25.4 Å². The van der Waals surface area contributed by atoms with Crippen LogP contribution in [0, 0.1) is 6.92 Å². The Kier molecular flexibility index (Phi) is 5.09. The fourth-order valence-corrected chi connectivity index (χ4v) is 3.69. The Labute approximate surface area is 169 Å². The third kappa shape index (κ3) is 4.32. The van der Waals surface area contributed by atoms with Crippen LogP contribution in [-0.4, -0.2) is 37.6 Å². The van der Waals surface area contributed by atoms with E-state index in [0.29, 0.717) is 16.6 Å². The molecular weight excluding hydrogens is 392 g/mol. The number of aromatic amines is 1. The lowest BCUT2D eigenvalue weighted by Gasteiger charge is -2.01. The zero-order valence-corrected chi connectivity index (χ0v) is 16.6. The number of methoxy groups -OCH3 is 1. The summed E-state index contributed by atoms with van der Waals surface area (Å²) < 4.78 is 6.37. The molecule has 0 atom stereocenters. The minimum Gasteiger partial charge on any atom is -0.497 e. The molecule has 0 saturated carbocycles. The molecule has 0 fully saturated rings. The molecule has 3 aromatic heterocycles. The lowest BCUT2D eigenvalue weighted by atomic mass is 10.1. The second kappa shape index (κ2) is 7.84. The maximum Gasteiger partial charge on any atom is 0.274 e. The highest BCUT2D eigenvalue weighted by Gasteiger charge is 2.12. The Bertz CT molecular complexity index is 1220. The maximum atomic E-state index is 12.3. The van der Waals surface area contributed by atoms with Gasteiger partial charge in [-0.05, 0) is 24.6 Å². The molecule has 0 aliphatic heterocycles. The Balaban J connectivity index is 1.40. The largest absolute Gasteiger partial charge is 0.497 e. The Morgan fingerprint density at radius 2 is 2.07 bits per heavy atom. The number of fused-ring (bicyclic) bond motifs is 1. The van der Waals surface area contributed by atoms with Crippen LogP contribution in [0.1, 0.15) is 22.0 Å². The van der Waals surface area contributed by atoms with E-state index < -0.39 is 0 Å². The van der Waals surface area contributed by atoms with E-state index in [9.17, 15) is 9.59 Å². The first-order chi connectivity index (χ1) is 14.0. The summed E-state index contributed by atoms with van der Waals surface area (Å²) in [6.07, 6.45) is 2.45. The molecule has 29 heavy (non-hydrogen) atoms. The van der Waals surface area contributed by atoms with E-state index in [1.54, 1.807) is 20.2 Å². The van der Waals surface area contributed by atoms with Gasteiger partial charge in [-0.1, -0.05) is 12.1 Å². The number of hydrogen-bond donors (Lipinski definition) is 2. The predicted octanol–water partition coefficient (Wildman–Crippen LogP) is 1.96. The van der Waals surface area contributed by atoms with Crippen LogP contribution in [0.15, 0.2) is 41.3 Å². The van der Waals surface area contributed by atoms with Crippen LogP contribution in [-0.2, 0) is 17.6 Å². The third-order valence-corrected chi connectivity index (χ3v) is 5.08. The van der Waals surface area contributed by atoms with Gasteiger partial charge in [-0.15, -0.1) is 11.3 Å². The number of carbonyl (C=O) groups excluding carboxylic acids is 1. The van der Waals surface area contributed by atoms with Gasteiger partial charge in [0.25, 0.3) is 11.3 Å². The van der Waals surface area contributed by atoms with Crippen LogP contribution in [0.4, 0.5) is 5.13 Å². The standard InChI is InChI=1S/C19H18N6O3S/c1-11-7-17(27)25-18(21-11)22-15(24-25)9-16(26)23-19-20-10-14(29-19)8-12-3-5-13(28-2)6-4-12/h3-7,10H,8-9H2,1-2H3,(H,20,23,26)(H,21,22,24). The van der Waals surface area contributed by atoms with Crippen molar-refractivity contribution in [3.05, 3.63) is 68.8 Å². The zero-order valence-electron chi connectivity index (χ0n) is 15.8. The second-order valence-corrected chi connectivity index (χ2v) is 7.54. The van der Waals surface area contributed by atoms with Crippen molar-refractivity contribution >= 4 is 28.2 Å². The fraction of sp³-hybridized carbons (Fsp3) is 0.211. The first-order valence-electron chi connectivity index (χ1n) is 8.83. The molecule has 148 valence electrons. The van der Waals surface area contributed by atoms with Gasteiger partial charge in [0.15, 0.2) is 5.13 Å². The number of nitrogens with one attached hydrogen (secondary N) is 2. The highest BCUT2D eigenvalue weighted by atomic mass is 32.1. The number of carbonyl (C=O) groups is 1. The number of hydrogen-bond acceptors (Lipinski definition) is 7. The van der Waals surface area contributed by atoms with Crippen LogP contribution in [0.5, 0.6) is 5.75 Å². The monoisotopic (exact) mass is 410 g/mol. The molecule has 0 saturated heterocycles. The lowest BCUT2D eigenvalue weighted by Crippen LogP contribution is -2.16. The van der Waals surface area contributed by atoms with Crippen molar-refractivity contribution in [2.45, 2.75) is 19.8 Å². The summed E-state index contributed by atoms with van der Waals surface area (Å²) >= 11 is 1.41. The molecule has 4 aromatic rings. The first kappa shape index (κ1) is 18.8. The molecule has 0 spiro atoms. The van der Waals surface area contributed by atoms with Crippen LogP contribution in [0.3, 0.4) is 0 Å². The third-order valence-electron chi connectivity index (χ3n) is 4.17. The van der Waals surface area contributed by atoms with Gasteiger partial charge in [-0.2, -0.15) is 9.50 Å². The number of aryl methyl sites for hydroxylation is 1. The molecule has 10 heteroatoms. The van der Waals surface area contributed by atoms with Gasteiger partial charge in [0.05, 0.1) is 13.5 Å². The van der Waals surface area contributed by atoms with Crippen molar-refractivity contribution in [3.63, 3.8) is 0 Å². The number of anilines is 1. The van der Waals surface area contributed by atoms with Crippen molar-refractivity contribution in [1.82, 2.24) is 24.6 Å². The fourth-order valence-electron chi connectivity index (χ4n) is 2.82. The molecular formula is C19H18N6O3S. The van der Waals surface area contributed by atoms with Crippen LogP contribution in [0.2, 0.25) is 0 Å². The molecule has 2 N–H and O–H groups in total. The Hall–Kier alpha value is -3.53. The van der Waals surface area contributed by atoms with E-state index >= 15 is 0 Å². The van der Waals surface area contributed by atoms with Crippen LogP contribution in [0.25, 0.3) is 5.78 Å². The van der Waals surface area contributed by atoms with E-state index in [-0.39, 0.29) is 23.7 Å². The summed E-state index contributed by atoms with van der Waals surface area (Å²) in [6, 6.07) is 9.21. The molecule has 9 nitrogen and oxygen atoms in total. The van der Waals surface area contributed by atoms with Gasteiger partial charge in [0, 0.05) is 29.3 Å². The summed E-state index contributed by atoms with van der Waals surface area (Å²) in [7, 11) is 1.63. The minimum absolute atomic E-state index is 0.0186. The zero-order chi connectivity index (χ0) is 20.4. The minimum atomic E-state index is -0.279. The number of amides is 1. The molecule has 3 heterocycles. The summed E-state index contributed by atoms with van der Waals surface area (Å²) in [5.74, 6) is 1.13. The molecule has 0 bridgehead atoms. The van der Waals surface area contributed by atoms with Gasteiger partial charge in [-0.25, -0.2) is 9.97 Å². The summed E-state index contributed by atoms with van der Waals surface area (Å²) in [4.78, 5) is 37.9. The topological polar surface area (TPSA) is 114 Å². The first-order valence-corrected chi connectivity index (χ1v) is 9.64. The van der Waals surface area contributed by atoms with Gasteiger partial charge in [-0.3, -0.25) is 14.7 Å². The summed E-state index contributed by atoms with van der Waals surface area (Å²) in [5, 5.41) is 6.08. The van der Waals surface area contributed by atoms with Crippen molar-refractivity contribution in [2.24, 2.45) is 0 Å². The lowest BCUT2D eigenvalue weighted by molar-refractivity contribution is -0.115. The van der Waals surface area contributed by atoms with E-state index in [1.165, 1.54) is 21.9 Å². The van der Waals surface area contributed by atoms with Gasteiger partial charge < -0.3 is 10.1 Å². The van der Waals surface area contributed by atoms with Gasteiger partial charge in [0.2, 0.25) is 5.91 Å². The molecule has 0 aliphatic carbocycles. The number of H-pyrrole nitrogens is 1. The van der Waals surface area contributed by atoms with E-state index in [0.717, 1.165) is 22.6 Å². The molecule has 1 amide bonds. The number of rotatable bonds is 6. The SMILES string of the molecule is COc1ccc(Cc2cnc(NC(=O)Cc3nc4nc(C)cc(=O)n4[nH]3)s2)cc1. The number of aromatic nitrogens is 5. The van der Waals surface area contributed by atoms with Crippen molar-refractivity contribution < 1.29 is 9.53 Å². The number of ether oxygens (including phenoxy) is 1. The number of benzene rings is 1. The average Bonchev–Trinajstić information content (AvgIpc) is 3.28. The molecule has 0 radical (unpaired) electrons. The highest BCUT2D eigenvalue weighted by Crippen LogP contribution is 2.22. The Morgan fingerprint density at radius 1 is 1.28 bits per heavy atom. The van der Waals surface area contributed by atoms with E-state index in [1.807, 2.05) is 24.3 Å². The normalized spacial score (nSPS) is 11.0. The molecule has 4 rings (SSSR count). The summed E-state index contributed by atoms with van der Waals surface area (Å²) in [5.41, 5.74) is 1.43. The average molecular weight is 410 g/mol. The molecule has 0 unspecified atom stereocenters. The second-order valence-electron chi connectivity index (χ2n) is 6.42.